The molecule has 0 aliphatic carbocycles. The van der Waals surface area contributed by atoms with Crippen LogP contribution in [0.4, 0.5) is 0 Å². The lowest BCUT2D eigenvalue weighted by Gasteiger charge is -2.03. The largest absolute Gasteiger partial charge is 0.330 e. The Morgan fingerprint density at radius 1 is 1.25 bits per heavy atom. The zero-order valence-electron chi connectivity index (χ0n) is 9.09. The maximum atomic E-state index is 5.49. The molecule has 0 radical (unpaired) electrons. The Bertz CT molecular complexity index is 469. The molecule has 0 aliphatic heterocycles. The van der Waals surface area contributed by atoms with Crippen molar-refractivity contribution < 1.29 is 0 Å². The first kappa shape index (κ1) is 10.6. The molecule has 0 bridgehead atoms. The predicted molar refractivity (Wildman–Crippen MR) is 60.6 cm³/mol. The summed E-state index contributed by atoms with van der Waals surface area (Å²) < 4.78 is 0. The lowest BCUT2D eigenvalue weighted by molar-refractivity contribution is 0.827. The highest BCUT2D eigenvalue weighted by atomic mass is 15.0. The van der Waals surface area contributed by atoms with Crippen molar-refractivity contribution in [3.63, 3.8) is 0 Å². The third-order valence-corrected chi connectivity index (χ3v) is 2.08. The first-order valence-electron chi connectivity index (χ1n) is 5.11. The minimum absolute atomic E-state index is 0.538. The number of nitrogens with two attached hydrogens (primary N) is 1. The molecule has 2 N–H and O–H groups in total. The minimum Gasteiger partial charge on any atom is -0.330 e. The second-order valence-corrected chi connectivity index (χ2v) is 3.40. The summed E-state index contributed by atoms with van der Waals surface area (Å²) in [4.78, 5) is 16.9. The third kappa shape index (κ3) is 2.38. The highest BCUT2D eigenvalue weighted by Gasteiger charge is 2.05. The lowest BCUT2D eigenvalue weighted by Crippen LogP contribution is -2.09. The number of pyridine rings is 1. The molecule has 0 aliphatic rings. The van der Waals surface area contributed by atoms with E-state index in [1.54, 1.807) is 12.4 Å². The molecule has 16 heavy (non-hydrogen) atoms. The quantitative estimate of drug-likeness (QED) is 0.817. The topological polar surface area (TPSA) is 77.6 Å². The summed E-state index contributed by atoms with van der Waals surface area (Å²) >= 11 is 0. The van der Waals surface area contributed by atoms with Gasteiger partial charge in [-0.15, -0.1) is 0 Å². The molecule has 0 amide bonds. The highest BCUT2D eigenvalue weighted by molar-refractivity contribution is 5.52. The Hall–Kier alpha value is -1.88. The summed E-state index contributed by atoms with van der Waals surface area (Å²) in [6.07, 6.45) is 4.12. The zero-order chi connectivity index (χ0) is 11.4. The Kier molecular flexibility index (Phi) is 3.16. The van der Waals surface area contributed by atoms with E-state index >= 15 is 0 Å². The maximum absolute atomic E-state index is 5.49. The molecule has 0 saturated carbocycles. The van der Waals surface area contributed by atoms with Crippen molar-refractivity contribution in [2.24, 2.45) is 5.73 Å². The van der Waals surface area contributed by atoms with Crippen molar-refractivity contribution >= 4 is 0 Å². The maximum Gasteiger partial charge on any atom is 0.164 e. The van der Waals surface area contributed by atoms with Gasteiger partial charge in [-0.05, 0) is 25.6 Å². The van der Waals surface area contributed by atoms with E-state index in [4.69, 9.17) is 5.73 Å². The third-order valence-electron chi connectivity index (χ3n) is 2.08. The van der Waals surface area contributed by atoms with Crippen molar-refractivity contribution in [1.82, 2.24) is 19.9 Å². The van der Waals surface area contributed by atoms with E-state index in [9.17, 15) is 0 Å². The highest BCUT2D eigenvalue weighted by Crippen LogP contribution is 2.12. The van der Waals surface area contributed by atoms with Gasteiger partial charge >= 0.3 is 0 Å². The summed E-state index contributed by atoms with van der Waals surface area (Å²) in [5.74, 6) is 2.09. The molecule has 0 saturated heterocycles. The SMILES string of the molecule is Cc1nc(CCN)nc(-c2cccnc2)n1. The lowest BCUT2D eigenvalue weighted by atomic mass is 10.2. The second-order valence-electron chi connectivity index (χ2n) is 3.40. The Morgan fingerprint density at radius 2 is 2.12 bits per heavy atom. The molecule has 2 heterocycles. The van der Waals surface area contributed by atoms with Gasteiger partial charge in [0.25, 0.3) is 0 Å². The van der Waals surface area contributed by atoms with E-state index in [1.165, 1.54) is 0 Å². The number of hydrogen-bond donors (Lipinski definition) is 1. The standard InChI is InChI=1S/C11H13N5/c1-8-14-10(4-5-12)16-11(15-8)9-3-2-6-13-7-9/h2-3,6-7H,4-5,12H2,1H3. The average molecular weight is 215 g/mol. The molecule has 0 fully saturated rings. The summed E-state index contributed by atoms with van der Waals surface area (Å²) in [7, 11) is 0. The van der Waals surface area contributed by atoms with Gasteiger partial charge in [-0.25, -0.2) is 15.0 Å². The second kappa shape index (κ2) is 4.76. The molecule has 5 nitrogen and oxygen atoms in total. The average Bonchev–Trinajstić information content (AvgIpc) is 2.30. The molecular weight excluding hydrogens is 202 g/mol. The van der Waals surface area contributed by atoms with Crippen molar-refractivity contribution in [2.45, 2.75) is 13.3 Å². The van der Waals surface area contributed by atoms with Crippen LogP contribution in [-0.4, -0.2) is 26.5 Å². The van der Waals surface area contributed by atoms with Crippen molar-refractivity contribution in [2.75, 3.05) is 6.54 Å². The van der Waals surface area contributed by atoms with Gasteiger partial charge in [-0.1, -0.05) is 0 Å². The molecule has 2 aromatic rings. The van der Waals surface area contributed by atoms with Crippen molar-refractivity contribution in [3.05, 3.63) is 36.2 Å². The molecule has 2 rings (SSSR count). The van der Waals surface area contributed by atoms with Crippen LogP contribution in [0.2, 0.25) is 0 Å². The number of rotatable bonds is 3. The van der Waals surface area contributed by atoms with Crippen LogP contribution in [0.5, 0.6) is 0 Å². The molecule has 5 heteroatoms. The van der Waals surface area contributed by atoms with Gasteiger partial charge in [-0.2, -0.15) is 0 Å². The van der Waals surface area contributed by atoms with E-state index in [-0.39, 0.29) is 0 Å². The Morgan fingerprint density at radius 3 is 2.81 bits per heavy atom. The van der Waals surface area contributed by atoms with Crippen LogP contribution in [0.1, 0.15) is 11.6 Å². The fourth-order valence-corrected chi connectivity index (χ4v) is 1.40. The summed E-state index contributed by atoms with van der Waals surface area (Å²) in [5, 5.41) is 0. The van der Waals surface area contributed by atoms with Gasteiger partial charge in [-0.3, -0.25) is 4.98 Å². The minimum atomic E-state index is 0.538. The predicted octanol–water partition coefficient (Wildman–Crippen LogP) is 0.743. The Labute approximate surface area is 93.8 Å². The summed E-state index contributed by atoms with van der Waals surface area (Å²) in [6.45, 7) is 2.39. The first-order chi connectivity index (χ1) is 7.79. The van der Waals surface area contributed by atoms with E-state index in [0.29, 0.717) is 24.6 Å². The van der Waals surface area contributed by atoms with E-state index < -0.39 is 0 Å². The summed E-state index contributed by atoms with van der Waals surface area (Å²) in [5.41, 5.74) is 6.38. The van der Waals surface area contributed by atoms with Crippen LogP contribution >= 0.6 is 0 Å². The van der Waals surface area contributed by atoms with Crippen LogP contribution in [0.3, 0.4) is 0 Å². The van der Waals surface area contributed by atoms with E-state index in [2.05, 4.69) is 19.9 Å². The number of aryl methyl sites for hydroxylation is 1. The molecule has 0 unspecified atom stereocenters. The van der Waals surface area contributed by atoms with E-state index in [0.717, 1.165) is 11.4 Å². The molecular formula is C11H13N5. The number of aromatic nitrogens is 4. The fourth-order valence-electron chi connectivity index (χ4n) is 1.40. The number of hydrogen-bond acceptors (Lipinski definition) is 5. The number of nitrogens with zero attached hydrogens (tertiary/aromatic N) is 4. The van der Waals surface area contributed by atoms with Crippen LogP contribution in [-0.2, 0) is 6.42 Å². The van der Waals surface area contributed by atoms with Crippen LogP contribution in [0.15, 0.2) is 24.5 Å². The normalized spacial score (nSPS) is 10.4. The van der Waals surface area contributed by atoms with E-state index in [1.807, 2.05) is 19.1 Å². The van der Waals surface area contributed by atoms with Gasteiger partial charge in [0.1, 0.15) is 11.6 Å². The fraction of sp³-hybridized carbons (Fsp3) is 0.273. The van der Waals surface area contributed by atoms with Crippen LogP contribution in [0.25, 0.3) is 11.4 Å². The van der Waals surface area contributed by atoms with Gasteiger partial charge in [0.05, 0.1) is 0 Å². The van der Waals surface area contributed by atoms with Crippen LogP contribution < -0.4 is 5.73 Å². The molecule has 0 aromatic carbocycles. The van der Waals surface area contributed by atoms with Gasteiger partial charge < -0.3 is 5.73 Å². The monoisotopic (exact) mass is 215 g/mol. The van der Waals surface area contributed by atoms with Crippen molar-refractivity contribution in [1.29, 1.82) is 0 Å². The summed E-state index contributed by atoms with van der Waals surface area (Å²) in [6, 6.07) is 3.78. The van der Waals surface area contributed by atoms with Gasteiger partial charge in [0, 0.05) is 24.4 Å². The van der Waals surface area contributed by atoms with Gasteiger partial charge in [0.15, 0.2) is 5.82 Å². The van der Waals surface area contributed by atoms with Crippen molar-refractivity contribution in [3.8, 4) is 11.4 Å². The zero-order valence-corrected chi connectivity index (χ0v) is 9.09. The first-order valence-corrected chi connectivity index (χ1v) is 5.11. The molecule has 0 atom stereocenters. The molecule has 2 aromatic heterocycles. The Balaban J connectivity index is 2.41. The smallest absolute Gasteiger partial charge is 0.164 e. The molecule has 82 valence electrons. The van der Waals surface area contributed by atoms with Gasteiger partial charge in [0.2, 0.25) is 0 Å². The molecule has 0 spiro atoms. The van der Waals surface area contributed by atoms with Crippen LogP contribution in [0, 0.1) is 6.92 Å².